The van der Waals surface area contributed by atoms with Crippen LogP contribution in [0.25, 0.3) is 0 Å². The maximum atomic E-state index is 13.1. The molecule has 0 aliphatic carbocycles. The van der Waals surface area contributed by atoms with Gasteiger partial charge in [-0.25, -0.2) is 17.9 Å². The van der Waals surface area contributed by atoms with Gasteiger partial charge in [-0.3, -0.25) is 14.6 Å². The van der Waals surface area contributed by atoms with Crippen LogP contribution in [0.15, 0.2) is 34.2 Å². The number of benzene rings is 1. The van der Waals surface area contributed by atoms with Crippen molar-refractivity contribution in [2.75, 3.05) is 19.6 Å². The van der Waals surface area contributed by atoms with Crippen molar-refractivity contribution in [2.24, 2.45) is 16.5 Å². The molecule has 0 bridgehead atoms. The molecule has 0 aliphatic rings. The van der Waals surface area contributed by atoms with Crippen LogP contribution in [0.2, 0.25) is 0 Å². The molecule has 0 spiro atoms. The van der Waals surface area contributed by atoms with Gasteiger partial charge in [-0.2, -0.15) is 0 Å². The third kappa shape index (κ3) is 9.35. The molecule has 1 aromatic carbocycles. The molecule has 12 nitrogen and oxygen atoms in total. The Morgan fingerprint density at radius 1 is 1.18 bits per heavy atom. The summed E-state index contributed by atoms with van der Waals surface area (Å²) in [7, 11) is -3.94. The lowest BCUT2D eigenvalue weighted by atomic mass is 10.1. The quantitative estimate of drug-likeness (QED) is 0.129. The average molecular weight is 499 g/mol. The molecule has 0 aliphatic heterocycles. The molecule has 0 saturated heterocycles. The first-order valence-electron chi connectivity index (χ1n) is 10.8. The van der Waals surface area contributed by atoms with Crippen LogP contribution in [-0.4, -0.2) is 73.9 Å². The zero-order chi connectivity index (χ0) is 25.9. The van der Waals surface area contributed by atoms with Crippen LogP contribution >= 0.6 is 0 Å². The Balaban J connectivity index is 2.95. The van der Waals surface area contributed by atoms with E-state index >= 15 is 0 Å². The predicted octanol–water partition coefficient (Wildman–Crippen LogP) is -0.477. The maximum absolute atomic E-state index is 13.1. The number of carbonyl (C=O) groups is 3. The molecule has 1 rings (SSSR count). The van der Waals surface area contributed by atoms with E-state index < -0.39 is 46.4 Å². The van der Waals surface area contributed by atoms with Crippen LogP contribution < -0.4 is 21.5 Å². The van der Waals surface area contributed by atoms with Gasteiger partial charge in [0, 0.05) is 13.1 Å². The number of hydrogen-bond acceptors (Lipinski definition) is 6. The van der Waals surface area contributed by atoms with Crippen molar-refractivity contribution >= 4 is 33.8 Å². The fraction of sp³-hybridized carbons (Fsp3) is 0.524. The first kappa shape index (κ1) is 28.8. The highest BCUT2D eigenvalue weighted by Gasteiger charge is 2.31. The highest BCUT2D eigenvalue weighted by atomic mass is 32.2. The Hall–Kier alpha value is -3.19. The summed E-state index contributed by atoms with van der Waals surface area (Å²) in [4.78, 5) is 42.1. The van der Waals surface area contributed by atoms with Gasteiger partial charge in [-0.05, 0) is 45.2 Å². The highest BCUT2D eigenvalue weighted by molar-refractivity contribution is 7.89. The zero-order valence-corrected chi connectivity index (χ0v) is 20.5. The fourth-order valence-corrected chi connectivity index (χ4v) is 4.02. The van der Waals surface area contributed by atoms with Crippen LogP contribution in [-0.2, 0) is 24.4 Å². The number of carbonyl (C=O) groups excluding carboxylic acids is 2. The number of nitrogens with one attached hydrogen (secondary N) is 2. The summed E-state index contributed by atoms with van der Waals surface area (Å²) in [6, 6.07) is 3.91. The molecular weight excluding hydrogens is 464 g/mol. The molecule has 7 N–H and O–H groups in total. The third-order valence-corrected chi connectivity index (χ3v) is 6.32. The Kier molecular flexibility index (Phi) is 11.5. The number of sulfonamides is 1. The molecule has 2 atom stereocenters. The molecule has 0 unspecified atom stereocenters. The molecule has 13 heteroatoms. The standard InChI is InChI=1S/C21H34N6O6S/c1-4-12-27(15(3)20(30)31)19(29)17(6-5-11-24-21(22)23)26-18(28)13-25-34(32,33)16-9-7-14(2)8-10-16/h7-10,15,17,25H,4-6,11-13H2,1-3H3,(H,26,28)(H,30,31)(H4,22,23,24)/t15-,17-/m0/s1. The molecule has 0 radical (unpaired) electrons. The van der Waals surface area contributed by atoms with E-state index in [1.807, 2.05) is 6.92 Å². The molecule has 2 amide bonds. The molecule has 0 fully saturated rings. The van der Waals surface area contributed by atoms with Crippen molar-refractivity contribution in [1.29, 1.82) is 0 Å². The second-order valence-corrected chi connectivity index (χ2v) is 9.52. The van der Waals surface area contributed by atoms with Crippen molar-refractivity contribution in [3.63, 3.8) is 0 Å². The lowest BCUT2D eigenvalue weighted by molar-refractivity contribution is -0.150. The summed E-state index contributed by atoms with van der Waals surface area (Å²) in [5.74, 6) is -2.63. The number of nitrogens with two attached hydrogens (primary N) is 2. The number of nitrogens with zero attached hydrogens (tertiary/aromatic N) is 2. The number of aryl methyl sites for hydroxylation is 1. The van der Waals surface area contributed by atoms with Crippen LogP contribution in [0.3, 0.4) is 0 Å². The number of hydrogen-bond donors (Lipinski definition) is 5. The van der Waals surface area contributed by atoms with Gasteiger partial charge in [0.25, 0.3) is 0 Å². The minimum atomic E-state index is -3.94. The Morgan fingerprint density at radius 2 is 1.79 bits per heavy atom. The third-order valence-electron chi connectivity index (χ3n) is 4.91. The summed E-state index contributed by atoms with van der Waals surface area (Å²) in [6.07, 6.45) is 0.956. The zero-order valence-electron chi connectivity index (χ0n) is 19.7. The molecule has 34 heavy (non-hydrogen) atoms. The number of aliphatic carboxylic acids is 1. The lowest BCUT2D eigenvalue weighted by Gasteiger charge is -2.30. The molecule has 190 valence electrons. The van der Waals surface area contributed by atoms with Crippen molar-refractivity contribution < 1.29 is 27.9 Å². The summed E-state index contributed by atoms with van der Waals surface area (Å²) >= 11 is 0. The monoisotopic (exact) mass is 498 g/mol. The van der Waals surface area contributed by atoms with Crippen molar-refractivity contribution in [3.8, 4) is 0 Å². The first-order chi connectivity index (χ1) is 15.9. The van der Waals surface area contributed by atoms with Gasteiger partial charge in [0.2, 0.25) is 21.8 Å². The smallest absolute Gasteiger partial charge is 0.326 e. The van der Waals surface area contributed by atoms with Crippen LogP contribution in [0.5, 0.6) is 0 Å². The van der Waals surface area contributed by atoms with Gasteiger partial charge < -0.3 is 26.8 Å². The van der Waals surface area contributed by atoms with Gasteiger partial charge in [0.15, 0.2) is 5.96 Å². The van der Waals surface area contributed by atoms with Gasteiger partial charge in [0.05, 0.1) is 11.4 Å². The highest BCUT2D eigenvalue weighted by Crippen LogP contribution is 2.11. The number of rotatable bonds is 14. The predicted molar refractivity (Wildman–Crippen MR) is 127 cm³/mol. The van der Waals surface area contributed by atoms with Crippen molar-refractivity contribution in [3.05, 3.63) is 29.8 Å². The number of guanidine groups is 1. The van der Waals surface area contributed by atoms with Gasteiger partial charge >= 0.3 is 5.97 Å². The van der Waals surface area contributed by atoms with E-state index in [1.165, 1.54) is 24.0 Å². The number of aliphatic imine (C=N–C) groups is 1. The topological polar surface area (TPSA) is 197 Å². The summed E-state index contributed by atoms with van der Waals surface area (Å²) in [5, 5.41) is 11.9. The number of carboxylic acid groups (broad SMARTS) is 1. The van der Waals surface area contributed by atoms with E-state index in [1.54, 1.807) is 19.1 Å². The van der Waals surface area contributed by atoms with Crippen molar-refractivity contribution in [1.82, 2.24) is 14.9 Å². The van der Waals surface area contributed by atoms with E-state index in [2.05, 4.69) is 15.0 Å². The van der Waals surface area contributed by atoms with Crippen LogP contribution in [0.4, 0.5) is 0 Å². The minimum Gasteiger partial charge on any atom is -0.480 e. The Labute approximate surface area is 199 Å². The minimum absolute atomic E-state index is 0.000153. The Morgan fingerprint density at radius 3 is 2.32 bits per heavy atom. The first-order valence-corrected chi connectivity index (χ1v) is 12.3. The number of amides is 2. The normalized spacial score (nSPS) is 12.9. The van der Waals surface area contributed by atoms with E-state index in [0.29, 0.717) is 12.8 Å². The van der Waals surface area contributed by atoms with E-state index in [-0.39, 0.29) is 30.4 Å². The second kappa shape index (κ2) is 13.5. The van der Waals surface area contributed by atoms with Crippen molar-refractivity contribution in [2.45, 2.75) is 57.0 Å². The van der Waals surface area contributed by atoms with Gasteiger partial charge in [0.1, 0.15) is 12.1 Å². The fourth-order valence-electron chi connectivity index (χ4n) is 3.04. The maximum Gasteiger partial charge on any atom is 0.326 e. The van der Waals surface area contributed by atoms with Crippen LogP contribution in [0, 0.1) is 6.92 Å². The molecule has 1 aromatic rings. The van der Waals surface area contributed by atoms with Gasteiger partial charge in [-0.15, -0.1) is 0 Å². The summed E-state index contributed by atoms with van der Waals surface area (Å²) < 4.78 is 27.1. The molecule has 0 saturated carbocycles. The molecule has 0 heterocycles. The molecular formula is C21H34N6O6S. The van der Waals surface area contributed by atoms with Gasteiger partial charge in [-0.1, -0.05) is 24.6 Å². The Bertz CT molecular complexity index is 976. The SMILES string of the molecule is CCCN(C(=O)[C@H](CCCN=C(N)N)NC(=O)CNS(=O)(=O)c1ccc(C)cc1)[C@@H](C)C(=O)O. The summed E-state index contributed by atoms with van der Waals surface area (Å²) in [6.45, 7) is 4.76. The van der Waals surface area contributed by atoms with E-state index in [9.17, 15) is 27.9 Å². The second-order valence-electron chi connectivity index (χ2n) is 7.75. The molecule has 0 aromatic heterocycles. The lowest BCUT2D eigenvalue weighted by Crippen LogP contribution is -2.54. The summed E-state index contributed by atoms with van der Waals surface area (Å²) in [5.41, 5.74) is 11.5. The van der Waals surface area contributed by atoms with E-state index in [0.717, 1.165) is 5.56 Å². The van der Waals surface area contributed by atoms with Crippen LogP contribution in [0.1, 0.15) is 38.7 Å². The average Bonchev–Trinajstić information content (AvgIpc) is 2.77. The number of carboxylic acids is 1. The van der Waals surface area contributed by atoms with E-state index in [4.69, 9.17) is 11.5 Å². The largest absolute Gasteiger partial charge is 0.480 e.